The Morgan fingerprint density at radius 3 is 2.18 bits per heavy atom. The van der Waals surface area contributed by atoms with Crippen LogP contribution >= 0.6 is 24.8 Å². The van der Waals surface area contributed by atoms with Gasteiger partial charge in [-0.25, -0.2) is 0 Å². The van der Waals surface area contributed by atoms with Gasteiger partial charge in [-0.2, -0.15) is 0 Å². The molecule has 1 unspecified atom stereocenters. The van der Waals surface area contributed by atoms with E-state index in [1.54, 1.807) is 6.26 Å². The standard InChI is InChI=1S/C26H38N2O3S.2ClH/c1-21(2)31-24-9-7-23(8-10-24)27(3)18-14-26(29)15-19-28(20-16-26)17-13-22-5-11-25(12-6-22)32(4)30;;/h5-12,21,29H,13-20H2,1-4H3;2*1H. The van der Waals surface area contributed by atoms with Gasteiger partial charge >= 0.3 is 0 Å². The third kappa shape index (κ3) is 9.38. The molecule has 0 aliphatic carbocycles. The second-order valence-corrected chi connectivity index (χ2v) is 10.6. The first kappa shape index (κ1) is 30.7. The van der Waals surface area contributed by atoms with E-state index in [1.807, 2.05) is 38.1 Å². The minimum atomic E-state index is -0.923. The molecule has 0 spiro atoms. The fourth-order valence-corrected chi connectivity index (χ4v) is 4.65. The second kappa shape index (κ2) is 14.3. The molecular weight excluding hydrogens is 491 g/mol. The third-order valence-electron chi connectivity index (χ3n) is 6.32. The van der Waals surface area contributed by atoms with E-state index in [-0.39, 0.29) is 30.9 Å². The molecule has 5 nitrogen and oxygen atoms in total. The Morgan fingerprint density at radius 1 is 1.06 bits per heavy atom. The minimum Gasteiger partial charge on any atom is -0.491 e. The van der Waals surface area contributed by atoms with Crippen LogP contribution in [-0.2, 0) is 17.2 Å². The number of aliphatic hydroxyl groups is 1. The molecule has 2 aromatic rings. The normalized spacial score (nSPS) is 16.3. The van der Waals surface area contributed by atoms with Crippen molar-refractivity contribution in [1.82, 2.24) is 4.90 Å². The fraction of sp³-hybridized carbons (Fsp3) is 0.538. The molecule has 0 aromatic heterocycles. The average Bonchev–Trinajstić information content (AvgIpc) is 2.77. The molecule has 1 heterocycles. The van der Waals surface area contributed by atoms with Crippen LogP contribution in [0, 0.1) is 0 Å². The first-order valence-electron chi connectivity index (χ1n) is 11.6. The summed E-state index contributed by atoms with van der Waals surface area (Å²) in [5.41, 5.74) is 1.82. The molecule has 0 amide bonds. The van der Waals surface area contributed by atoms with Gasteiger partial charge in [0, 0.05) is 60.9 Å². The maximum atomic E-state index is 11.5. The predicted octanol–water partition coefficient (Wildman–Crippen LogP) is 4.95. The zero-order chi connectivity index (χ0) is 23.1. The molecule has 34 heavy (non-hydrogen) atoms. The SMILES string of the molecule is CC(C)Oc1ccc(N(C)CCC2(O)CCN(CCc3ccc(S(C)=O)cc3)CC2)cc1.Cl.Cl. The van der Waals surface area contributed by atoms with Crippen LogP contribution in [0.5, 0.6) is 5.75 Å². The fourth-order valence-electron chi connectivity index (χ4n) is 4.13. The van der Waals surface area contributed by atoms with Gasteiger partial charge in [0.05, 0.1) is 11.7 Å². The smallest absolute Gasteiger partial charge is 0.119 e. The van der Waals surface area contributed by atoms with Crippen LogP contribution in [0.25, 0.3) is 0 Å². The summed E-state index contributed by atoms with van der Waals surface area (Å²) in [6, 6.07) is 16.2. The van der Waals surface area contributed by atoms with E-state index in [4.69, 9.17) is 4.74 Å². The molecule has 8 heteroatoms. The lowest BCUT2D eigenvalue weighted by atomic mass is 9.88. The Hall–Kier alpha value is -1.31. The van der Waals surface area contributed by atoms with Crippen LogP contribution in [0.2, 0.25) is 0 Å². The number of anilines is 1. The van der Waals surface area contributed by atoms with Gasteiger partial charge < -0.3 is 19.6 Å². The number of hydrogen-bond donors (Lipinski definition) is 1. The van der Waals surface area contributed by atoms with Gasteiger partial charge in [0.2, 0.25) is 0 Å². The van der Waals surface area contributed by atoms with Crippen molar-refractivity contribution in [1.29, 1.82) is 0 Å². The molecule has 1 aliphatic rings. The Morgan fingerprint density at radius 2 is 1.65 bits per heavy atom. The van der Waals surface area contributed by atoms with Crippen molar-refractivity contribution in [3.05, 3.63) is 54.1 Å². The summed E-state index contributed by atoms with van der Waals surface area (Å²) in [5, 5.41) is 11.1. The van der Waals surface area contributed by atoms with Gasteiger partial charge in [-0.15, -0.1) is 24.8 Å². The molecule has 0 bridgehead atoms. The number of nitrogens with zero attached hydrogens (tertiary/aromatic N) is 2. The first-order chi connectivity index (χ1) is 15.2. The van der Waals surface area contributed by atoms with Crippen LogP contribution in [-0.4, -0.2) is 65.4 Å². The molecule has 192 valence electrons. The zero-order valence-corrected chi connectivity index (χ0v) is 23.2. The Balaban J connectivity index is 0.00000289. The summed E-state index contributed by atoms with van der Waals surface area (Å²) in [4.78, 5) is 5.52. The van der Waals surface area contributed by atoms with E-state index >= 15 is 0 Å². The van der Waals surface area contributed by atoms with Gasteiger partial charge in [0.15, 0.2) is 0 Å². The van der Waals surface area contributed by atoms with Gasteiger partial charge in [0.1, 0.15) is 5.75 Å². The van der Waals surface area contributed by atoms with Gasteiger partial charge in [-0.05, 0) is 81.5 Å². The highest BCUT2D eigenvalue weighted by Gasteiger charge is 2.32. The summed E-state index contributed by atoms with van der Waals surface area (Å²) < 4.78 is 17.2. The molecule has 1 fully saturated rings. The van der Waals surface area contributed by atoms with Crippen molar-refractivity contribution in [2.75, 3.05) is 44.4 Å². The molecule has 1 aliphatic heterocycles. The van der Waals surface area contributed by atoms with Crippen LogP contribution in [0.3, 0.4) is 0 Å². The monoisotopic (exact) mass is 530 g/mol. The number of halogens is 2. The van der Waals surface area contributed by atoms with Crippen molar-refractivity contribution >= 4 is 41.3 Å². The highest BCUT2D eigenvalue weighted by atomic mass is 35.5. The molecule has 2 aromatic carbocycles. The highest BCUT2D eigenvalue weighted by Crippen LogP contribution is 2.27. The lowest BCUT2D eigenvalue weighted by Crippen LogP contribution is -2.46. The van der Waals surface area contributed by atoms with E-state index < -0.39 is 16.4 Å². The van der Waals surface area contributed by atoms with Gasteiger partial charge in [0.25, 0.3) is 0 Å². The highest BCUT2D eigenvalue weighted by molar-refractivity contribution is 7.84. The topological polar surface area (TPSA) is 53.0 Å². The van der Waals surface area contributed by atoms with Crippen LogP contribution < -0.4 is 9.64 Å². The Kier molecular flexibility index (Phi) is 12.9. The number of ether oxygens (including phenoxy) is 1. The average molecular weight is 532 g/mol. The maximum absolute atomic E-state index is 11.5. The molecule has 0 radical (unpaired) electrons. The van der Waals surface area contributed by atoms with Crippen LogP contribution in [0.4, 0.5) is 5.69 Å². The van der Waals surface area contributed by atoms with Crippen LogP contribution in [0.15, 0.2) is 53.4 Å². The number of rotatable bonds is 10. The van der Waals surface area contributed by atoms with E-state index in [9.17, 15) is 9.32 Å². The van der Waals surface area contributed by atoms with Gasteiger partial charge in [-0.1, -0.05) is 12.1 Å². The van der Waals surface area contributed by atoms with Gasteiger partial charge in [-0.3, -0.25) is 4.21 Å². The summed E-state index contributed by atoms with van der Waals surface area (Å²) >= 11 is 0. The summed E-state index contributed by atoms with van der Waals surface area (Å²) in [6.45, 7) is 7.73. The van der Waals surface area contributed by atoms with Crippen molar-refractivity contribution in [2.45, 2.75) is 56.1 Å². The number of hydrogen-bond acceptors (Lipinski definition) is 5. The molecule has 1 N–H and O–H groups in total. The third-order valence-corrected chi connectivity index (χ3v) is 7.26. The second-order valence-electron chi connectivity index (χ2n) is 9.25. The largest absolute Gasteiger partial charge is 0.491 e. The molecular formula is C26H40Cl2N2O3S. The van der Waals surface area contributed by atoms with E-state index in [1.165, 1.54) is 5.56 Å². The van der Waals surface area contributed by atoms with Crippen molar-refractivity contribution < 1.29 is 14.1 Å². The first-order valence-corrected chi connectivity index (χ1v) is 13.1. The predicted molar refractivity (Wildman–Crippen MR) is 148 cm³/mol. The molecule has 0 saturated carbocycles. The lowest BCUT2D eigenvalue weighted by Gasteiger charge is -2.39. The van der Waals surface area contributed by atoms with E-state index in [2.05, 4.69) is 41.1 Å². The number of piperidine rings is 1. The zero-order valence-electron chi connectivity index (χ0n) is 20.7. The van der Waals surface area contributed by atoms with Crippen molar-refractivity contribution in [2.24, 2.45) is 0 Å². The number of likely N-dealkylation sites (tertiary alicyclic amines) is 1. The summed E-state index contributed by atoms with van der Waals surface area (Å²) in [6.07, 6.45) is 5.27. The van der Waals surface area contributed by atoms with Crippen molar-refractivity contribution in [3.63, 3.8) is 0 Å². The summed E-state index contributed by atoms with van der Waals surface area (Å²) in [5.74, 6) is 0.888. The van der Waals surface area contributed by atoms with E-state index in [0.29, 0.717) is 0 Å². The quantitative estimate of drug-likeness (QED) is 0.470. The molecule has 1 atom stereocenters. The van der Waals surface area contributed by atoms with E-state index in [0.717, 1.165) is 68.2 Å². The van der Waals surface area contributed by atoms with Crippen LogP contribution in [0.1, 0.15) is 38.7 Å². The van der Waals surface area contributed by atoms with Crippen molar-refractivity contribution in [3.8, 4) is 5.75 Å². The maximum Gasteiger partial charge on any atom is 0.119 e. The Labute approximate surface area is 220 Å². The number of benzene rings is 2. The Bertz CT molecular complexity index is 871. The summed E-state index contributed by atoms with van der Waals surface area (Å²) in [7, 11) is 1.16. The molecule has 1 saturated heterocycles. The lowest BCUT2D eigenvalue weighted by molar-refractivity contribution is -0.0254. The minimum absolute atomic E-state index is 0. The molecule has 3 rings (SSSR count).